The first kappa shape index (κ1) is 25.6. The highest BCUT2D eigenvalue weighted by Crippen LogP contribution is 2.42. The predicted octanol–water partition coefficient (Wildman–Crippen LogP) is 5.92. The summed E-state index contributed by atoms with van der Waals surface area (Å²) in [6.07, 6.45) is 0.602. The normalized spacial score (nSPS) is 17.1. The number of benzene rings is 3. The summed E-state index contributed by atoms with van der Waals surface area (Å²) in [7, 11) is -3.90. The van der Waals surface area contributed by atoms with Gasteiger partial charge in [-0.25, -0.2) is 8.42 Å². The van der Waals surface area contributed by atoms with E-state index in [2.05, 4.69) is 10.0 Å². The molecule has 2 atom stereocenters. The summed E-state index contributed by atoms with van der Waals surface area (Å²) in [5.41, 5.74) is 3.95. The summed E-state index contributed by atoms with van der Waals surface area (Å²) >= 11 is 0. The zero-order chi connectivity index (χ0) is 25.9. The van der Waals surface area contributed by atoms with Gasteiger partial charge in [-0.2, -0.15) is 0 Å². The van der Waals surface area contributed by atoms with E-state index in [0.29, 0.717) is 36.3 Å². The lowest BCUT2D eigenvalue weighted by atomic mass is 9.90. The van der Waals surface area contributed by atoms with Gasteiger partial charge in [0.05, 0.1) is 17.0 Å². The third-order valence-electron chi connectivity index (χ3n) is 6.28. The highest BCUT2D eigenvalue weighted by molar-refractivity contribution is 7.92. The van der Waals surface area contributed by atoms with Crippen LogP contribution in [0.15, 0.2) is 71.6 Å². The molecule has 0 aliphatic carbocycles. The minimum atomic E-state index is -3.90. The van der Waals surface area contributed by atoms with Gasteiger partial charge in [0.1, 0.15) is 0 Å². The Morgan fingerprint density at radius 1 is 1.00 bits per heavy atom. The lowest BCUT2D eigenvalue weighted by Crippen LogP contribution is -2.24. The van der Waals surface area contributed by atoms with Crippen molar-refractivity contribution in [2.75, 3.05) is 16.6 Å². The SMILES string of the molecule is CCO[C@H]1CC(c2cccc(C(C)=O)c2)Nc2ccc(S(=O)(=O)Nc3cccc(C(=O)CC)c3)cc21. The molecule has 0 aromatic heterocycles. The molecule has 0 saturated heterocycles. The van der Waals surface area contributed by atoms with Crippen molar-refractivity contribution in [2.45, 2.75) is 50.7 Å². The van der Waals surface area contributed by atoms with Crippen LogP contribution in [0.5, 0.6) is 0 Å². The van der Waals surface area contributed by atoms with E-state index in [4.69, 9.17) is 4.74 Å². The molecule has 7 nitrogen and oxygen atoms in total. The Morgan fingerprint density at radius 2 is 1.75 bits per heavy atom. The minimum Gasteiger partial charge on any atom is -0.378 e. The molecule has 1 unspecified atom stereocenters. The van der Waals surface area contributed by atoms with Gasteiger partial charge in [0.25, 0.3) is 10.0 Å². The van der Waals surface area contributed by atoms with Crippen LogP contribution >= 0.6 is 0 Å². The summed E-state index contributed by atoms with van der Waals surface area (Å²) < 4.78 is 35.0. The summed E-state index contributed by atoms with van der Waals surface area (Å²) in [6, 6.07) is 18.8. The van der Waals surface area contributed by atoms with Crippen molar-refractivity contribution in [3.05, 3.63) is 89.0 Å². The molecule has 3 aromatic rings. The Labute approximate surface area is 211 Å². The highest BCUT2D eigenvalue weighted by Gasteiger charge is 2.30. The fourth-order valence-corrected chi connectivity index (χ4v) is 5.51. The molecule has 0 saturated carbocycles. The lowest BCUT2D eigenvalue weighted by Gasteiger charge is -2.33. The molecule has 2 N–H and O–H groups in total. The smallest absolute Gasteiger partial charge is 0.261 e. The van der Waals surface area contributed by atoms with Crippen LogP contribution in [-0.4, -0.2) is 26.6 Å². The molecule has 3 aromatic carbocycles. The number of carbonyl (C=O) groups excluding carboxylic acids is 2. The molecule has 0 bridgehead atoms. The van der Waals surface area contributed by atoms with Crippen molar-refractivity contribution in [1.82, 2.24) is 0 Å². The molecule has 1 heterocycles. The number of anilines is 2. The van der Waals surface area contributed by atoms with Crippen LogP contribution in [0.2, 0.25) is 0 Å². The quantitative estimate of drug-likeness (QED) is 0.350. The molecule has 0 fully saturated rings. The molecule has 36 heavy (non-hydrogen) atoms. The number of nitrogens with one attached hydrogen (secondary N) is 2. The van der Waals surface area contributed by atoms with Crippen molar-refractivity contribution in [3.8, 4) is 0 Å². The van der Waals surface area contributed by atoms with Gasteiger partial charge in [-0.3, -0.25) is 14.3 Å². The van der Waals surface area contributed by atoms with E-state index in [1.165, 1.54) is 0 Å². The summed E-state index contributed by atoms with van der Waals surface area (Å²) in [6.45, 7) is 5.68. The fourth-order valence-electron chi connectivity index (χ4n) is 4.42. The maximum absolute atomic E-state index is 13.2. The average molecular weight is 507 g/mol. The van der Waals surface area contributed by atoms with Gasteiger partial charge in [-0.1, -0.05) is 37.3 Å². The fraction of sp³-hybridized carbons (Fsp3) is 0.286. The number of ether oxygens (including phenoxy) is 1. The third kappa shape index (κ3) is 5.50. The molecular formula is C28H30N2O5S. The Bertz CT molecular complexity index is 1400. The molecule has 0 amide bonds. The second-order valence-electron chi connectivity index (χ2n) is 8.77. The number of rotatable bonds is 9. The van der Waals surface area contributed by atoms with E-state index >= 15 is 0 Å². The van der Waals surface area contributed by atoms with Crippen LogP contribution < -0.4 is 10.0 Å². The number of Topliss-reactive ketones (excluding diaryl/α,β-unsaturated/α-hetero) is 2. The van der Waals surface area contributed by atoms with Crippen molar-refractivity contribution in [2.24, 2.45) is 0 Å². The Kier molecular flexibility index (Phi) is 7.56. The highest BCUT2D eigenvalue weighted by atomic mass is 32.2. The van der Waals surface area contributed by atoms with Gasteiger partial charge in [0.2, 0.25) is 0 Å². The zero-order valence-electron chi connectivity index (χ0n) is 20.6. The third-order valence-corrected chi connectivity index (χ3v) is 7.66. The summed E-state index contributed by atoms with van der Waals surface area (Å²) in [4.78, 5) is 24.0. The minimum absolute atomic E-state index is 0.00126. The van der Waals surface area contributed by atoms with E-state index in [0.717, 1.165) is 16.8 Å². The molecule has 4 rings (SSSR count). The maximum Gasteiger partial charge on any atom is 0.261 e. The number of hydrogen-bond donors (Lipinski definition) is 2. The topological polar surface area (TPSA) is 102 Å². The van der Waals surface area contributed by atoms with Gasteiger partial charge in [-0.15, -0.1) is 0 Å². The van der Waals surface area contributed by atoms with Crippen LogP contribution in [0.3, 0.4) is 0 Å². The maximum atomic E-state index is 13.2. The number of carbonyl (C=O) groups is 2. The van der Waals surface area contributed by atoms with Gasteiger partial charge >= 0.3 is 0 Å². The van der Waals surface area contributed by atoms with Crippen LogP contribution in [0.4, 0.5) is 11.4 Å². The van der Waals surface area contributed by atoms with Crippen LogP contribution in [0.1, 0.15) is 77.6 Å². The van der Waals surface area contributed by atoms with Crippen molar-refractivity contribution in [1.29, 1.82) is 0 Å². The van der Waals surface area contributed by atoms with Gasteiger partial charge < -0.3 is 10.1 Å². The van der Waals surface area contributed by atoms with Gasteiger partial charge in [0, 0.05) is 47.5 Å². The van der Waals surface area contributed by atoms with Crippen molar-refractivity contribution in [3.63, 3.8) is 0 Å². The van der Waals surface area contributed by atoms with Gasteiger partial charge in [-0.05, 0) is 55.8 Å². The van der Waals surface area contributed by atoms with Crippen molar-refractivity contribution < 1.29 is 22.7 Å². The van der Waals surface area contributed by atoms with Crippen molar-refractivity contribution >= 4 is 33.0 Å². The van der Waals surface area contributed by atoms with E-state index < -0.39 is 10.0 Å². The molecule has 0 spiro atoms. The number of ketones is 2. The Balaban J connectivity index is 1.63. The molecule has 1 aliphatic rings. The average Bonchev–Trinajstić information content (AvgIpc) is 2.88. The standard InChI is InChI=1S/C28H30N2O5S/c1-4-27(32)21-10-7-11-22(15-21)30-36(33,34)23-12-13-25-24(16-23)28(35-5-2)17-26(29-25)20-9-6-8-19(14-20)18(3)31/h6-16,26,28-30H,4-5,17H2,1-3H3/t26?,28-/m0/s1. The molecule has 8 heteroatoms. The Hall–Kier alpha value is -3.49. The van der Waals surface area contributed by atoms with Crippen LogP contribution in [0, 0.1) is 0 Å². The predicted molar refractivity (Wildman–Crippen MR) is 140 cm³/mol. The second kappa shape index (κ2) is 10.6. The number of hydrogen-bond acceptors (Lipinski definition) is 6. The van der Waals surface area contributed by atoms with Crippen LogP contribution in [0.25, 0.3) is 0 Å². The van der Waals surface area contributed by atoms with E-state index in [9.17, 15) is 18.0 Å². The molecule has 0 radical (unpaired) electrons. The van der Waals surface area contributed by atoms with Crippen LogP contribution in [-0.2, 0) is 14.8 Å². The molecule has 188 valence electrons. The first-order chi connectivity index (χ1) is 17.2. The van der Waals surface area contributed by atoms with E-state index in [1.54, 1.807) is 62.4 Å². The number of sulfonamides is 1. The first-order valence-corrected chi connectivity index (χ1v) is 13.5. The second-order valence-corrected chi connectivity index (χ2v) is 10.5. The summed E-state index contributed by atoms with van der Waals surface area (Å²) in [5.74, 6) is -0.0554. The lowest BCUT2D eigenvalue weighted by molar-refractivity contribution is 0.0497. The zero-order valence-corrected chi connectivity index (χ0v) is 21.4. The largest absolute Gasteiger partial charge is 0.378 e. The summed E-state index contributed by atoms with van der Waals surface area (Å²) in [5, 5.41) is 3.48. The molecular weight excluding hydrogens is 476 g/mol. The van der Waals surface area contributed by atoms with E-state index in [-0.39, 0.29) is 28.6 Å². The number of fused-ring (bicyclic) bond motifs is 1. The molecule has 1 aliphatic heterocycles. The Morgan fingerprint density at radius 3 is 2.47 bits per heavy atom. The monoisotopic (exact) mass is 506 g/mol. The van der Waals surface area contributed by atoms with E-state index in [1.807, 2.05) is 25.1 Å². The van der Waals surface area contributed by atoms with Gasteiger partial charge in [0.15, 0.2) is 11.6 Å². The first-order valence-electron chi connectivity index (χ1n) is 12.0.